The van der Waals surface area contributed by atoms with Crippen LogP contribution in [0.4, 0.5) is 11.8 Å². The van der Waals surface area contributed by atoms with Gasteiger partial charge in [-0.05, 0) is 79.7 Å². The second-order valence-electron chi connectivity index (χ2n) is 10.2. The zero-order valence-corrected chi connectivity index (χ0v) is 20.8. The fourth-order valence-corrected chi connectivity index (χ4v) is 5.69. The number of benzene rings is 1. The van der Waals surface area contributed by atoms with E-state index in [4.69, 9.17) is 11.5 Å². The van der Waals surface area contributed by atoms with E-state index in [0.29, 0.717) is 41.8 Å². The Bertz CT molecular complexity index is 1270. The van der Waals surface area contributed by atoms with Gasteiger partial charge in [-0.15, -0.1) is 0 Å². The molecule has 1 saturated carbocycles. The number of nitrogens with zero attached hydrogens (tertiary/aromatic N) is 3. The third kappa shape index (κ3) is 5.26. The van der Waals surface area contributed by atoms with E-state index in [0.717, 1.165) is 61.4 Å². The minimum Gasteiger partial charge on any atom is -0.507 e. The molecule has 0 amide bonds. The second-order valence-corrected chi connectivity index (χ2v) is 10.2. The van der Waals surface area contributed by atoms with E-state index < -0.39 is 5.97 Å². The molecule has 2 fully saturated rings. The topological polar surface area (TPSA) is 154 Å². The van der Waals surface area contributed by atoms with Crippen molar-refractivity contribution in [3.05, 3.63) is 65.1 Å². The number of nitrogens with two attached hydrogens (primary N) is 2. The summed E-state index contributed by atoms with van der Waals surface area (Å²) in [5.41, 5.74) is 16.7. The van der Waals surface area contributed by atoms with E-state index in [1.807, 2.05) is 30.7 Å². The van der Waals surface area contributed by atoms with Crippen molar-refractivity contribution < 1.29 is 15.0 Å². The van der Waals surface area contributed by atoms with Crippen molar-refractivity contribution in [1.82, 2.24) is 15.0 Å². The Labute approximate surface area is 216 Å². The van der Waals surface area contributed by atoms with Crippen LogP contribution in [0, 0.1) is 5.92 Å². The molecule has 194 valence electrons. The first kappa shape index (κ1) is 24.7. The van der Waals surface area contributed by atoms with Crippen LogP contribution in [0.1, 0.15) is 72.6 Å². The largest absolute Gasteiger partial charge is 0.507 e. The van der Waals surface area contributed by atoms with Gasteiger partial charge in [-0.2, -0.15) is 0 Å². The molecule has 1 aromatic carbocycles. The van der Waals surface area contributed by atoms with Gasteiger partial charge in [-0.1, -0.05) is 12.1 Å². The number of para-hydroxylation sites is 1. The highest BCUT2D eigenvalue weighted by Crippen LogP contribution is 2.37. The van der Waals surface area contributed by atoms with Crippen LogP contribution in [0.15, 0.2) is 42.9 Å². The van der Waals surface area contributed by atoms with Crippen molar-refractivity contribution in [3.8, 4) is 5.75 Å². The average molecular weight is 503 g/mol. The van der Waals surface area contributed by atoms with Crippen molar-refractivity contribution in [2.24, 2.45) is 11.7 Å². The summed E-state index contributed by atoms with van der Waals surface area (Å²) in [7, 11) is 0. The van der Waals surface area contributed by atoms with Crippen LogP contribution in [0.2, 0.25) is 0 Å². The second kappa shape index (κ2) is 10.5. The summed E-state index contributed by atoms with van der Waals surface area (Å²) in [5, 5.41) is 19.4. The van der Waals surface area contributed by atoms with Crippen LogP contribution in [0.25, 0.3) is 11.8 Å². The van der Waals surface area contributed by atoms with Crippen LogP contribution in [-0.4, -0.2) is 44.2 Å². The molecule has 0 radical (unpaired) electrons. The number of phenolic OH excluding ortho intramolecular Hbond substituents is 1. The van der Waals surface area contributed by atoms with E-state index in [1.165, 1.54) is 0 Å². The van der Waals surface area contributed by atoms with Crippen molar-refractivity contribution in [1.29, 1.82) is 0 Å². The lowest BCUT2D eigenvalue weighted by atomic mass is 9.79. The van der Waals surface area contributed by atoms with Crippen LogP contribution in [-0.2, 0) is 4.79 Å². The zero-order valence-electron chi connectivity index (χ0n) is 20.8. The van der Waals surface area contributed by atoms with E-state index >= 15 is 0 Å². The summed E-state index contributed by atoms with van der Waals surface area (Å²) in [6.07, 6.45) is 12.7. The lowest BCUT2D eigenvalue weighted by Gasteiger charge is -2.32. The number of nitrogen functional groups attached to an aromatic ring is 1. The molecular formula is C28H34N6O3. The normalized spacial score (nSPS) is 21.2. The molecule has 5 rings (SSSR count). The lowest BCUT2D eigenvalue weighted by Crippen LogP contribution is -2.34. The fraction of sp³-hybridized carbons (Fsp3) is 0.393. The summed E-state index contributed by atoms with van der Waals surface area (Å²) in [6.45, 7) is 1.66. The molecule has 2 aliphatic rings. The molecular weight excluding hydrogens is 468 g/mol. The van der Waals surface area contributed by atoms with Crippen molar-refractivity contribution in [3.63, 3.8) is 0 Å². The maximum Gasteiger partial charge on any atom is 0.306 e. The number of anilines is 2. The van der Waals surface area contributed by atoms with Crippen LogP contribution >= 0.6 is 0 Å². The molecule has 1 saturated heterocycles. The number of hydrogen-bond donors (Lipinski definition) is 5. The maximum atomic E-state index is 11.2. The summed E-state index contributed by atoms with van der Waals surface area (Å²) < 4.78 is 0. The maximum absolute atomic E-state index is 11.2. The van der Waals surface area contributed by atoms with Gasteiger partial charge in [0.1, 0.15) is 11.6 Å². The highest BCUT2D eigenvalue weighted by atomic mass is 16.4. The Hall–Kier alpha value is -4.01. The molecule has 3 heterocycles. The molecule has 0 spiro atoms. The smallest absolute Gasteiger partial charge is 0.306 e. The molecule has 3 aromatic rings. The van der Waals surface area contributed by atoms with Crippen LogP contribution < -0.4 is 16.4 Å². The number of aromatic amines is 1. The van der Waals surface area contributed by atoms with Crippen molar-refractivity contribution in [2.45, 2.75) is 50.4 Å². The SMILES string of the molecule is N/C(=C\c1c(C2CCN(c3ncc([C@H]4CC[C@H](C(=O)O)CC4)cn3)CC2)c[nH]c1N)c1ccccc1O. The number of nitrogens with one attached hydrogen (secondary N) is 1. The lowest BCUT2D eigenvalue weighted by molar-refractivity contribution is -0.142. The van der Waals surface area contributed by atoms with Gasteiger partial charge in [0, 0.05) is 48.5 Å². The standard InChI is InChI=1S/C28H34N6O3/c29-24(21-3-1-2-4-25(21)35)13-22-23(16-31-26(22)30)18-9-11-34(12-10-18)28-32-14-20(15-33-28)17-5-7-19(8-6-17)27(36)37/h1-4,13-19,31,35H,5-12,29-30H2,(H,36,37)/b24-13-/t17-,19-. The molecule has 0 unspecified atom stereocenters. The number of aromatic nitrogens is 3. The molecule has 1 aliphatic carbocycles. The molecule has 0 bridgehead atoms. The van der Waals surface area contributed by atoms with Gasteiger partial charge in [0.05, 0.1) is 5.92 Å². The third-order valence-electron chi connectivity index (χ3n) is 7.92. The van der Waals surface area contributed by atoms with Crippen molar-refractivity contribution >= 4 is 29.5 Å². The summed E-state index contributed by atoms with van der Waals surface area (Å²) in [5.74, 6) is 1.19. The Morgan fingerprint density at radius 1 is 1.03 bits per heavy atom. The van der Waals surface area contributed by atoms with E-state index in [2.05, 4.69) is 19.9 Å². The first-order valence-corrected chi connectivity index (χ1v) is 12.9. The summed E-state index contributed by atoms with van der Waals surface area (Å²) in [4.78, 5) is 25.9. The Balaban J connectivity index is 1.22. The molecule has 9 heteroatoms. The molecule has 7 N–H and O–H groups in total. The minimum atomic E-state index is -0.683. The predicted molar refractivity (Wildman–Crippen MR) is 144 cm³/mol. The number of carboxylic acid groups (broad SMARTS) is 1. The van der Waals surface area contributed by atoms with E-state index in [1.54, 1.807) is 18.2 Å². The van der Waals surface area contributed by atoms with Gasteiger partial charge in [0.15, 0.2) is 0 Å². The number of piperidine rings is 1. The number of H-pyrrole nitrogens is 1. The van der Waals surface area contributed by atoms with Crippen molar-refractivity contribution in [2.75, 3.05) is 23.7 Å². The van der Waals surface area contributed by atoms with Crippen LogP contribution in [0.5, 0.6) is 5.75 Å². The Morgan fingerprint density at radius 3 is 2.35 bits per heavy atom. The van der Waals surface area contributed by atoms with Gasteiger partial charge in [-0.25, -0.2) is 9.97 Å². The number of phenols is 1. The first-order valence-electron chi connectivity index (χ1n) is 12.9. The predicted octanol–water partition coefficient (Wildman–Crippen LogP) is 4.29. The fourth-order valence-electron chi connectivity index (χ4n) is 5.69. The van der Waals surface area contributed by atoms with Crippen LogP contribution in [0.3, 0.4) is 0 Å². The average Bonchev–Trinajstić information content (AvgIpc) is 3.28. The number of carbonyl (C=O) groups is 1. The number of rotatable bonds is 6. The third-order valence-corrected chi connectivity index (χ3v) is 7.92. The number of aliphatic carboxylic acids is 1. The Kier molecular flexibility index (Phi) is 7.03. The Morgan fingerprint density at radius 2 is 1.70 bits per heavy atom. The number of hydrogen-bond acceptors (Lipinski definition) is 7. The quantitative estimate of drug-likeness (QED) is 0.334. The first-order chi connectivity index (χ1) is 17.9. The summed E-state index contributed by atoms with van der Waals surface area (Å²) >= 11 is 0. The molecule has 1 aliphatic heterocycles. The highest BCUT2D eigenvalue weighted by molar-refractivity contribution is 5.85. The number of aromatic hydroxyl groups is 1. The highest BCUT2D eigenvalue weighted by Gasteiger charge is 2.28. The van der Waals surface area contributed by atoms with E-state index in [9.17, 15) is 15.0 Å². The monoisotopic (exact) mass is 502 g/mol. The van der Waals surface area contributed by atoms with Gasteiger partial charge >= 0.3 is 5.97 Å². The van der Waals surface area contributed by atoms with Gasteiger partial charge in [-0.3, -0.25) is 4.79 Å². The van der Waals surface area contributed by atoms with Gasteiger partial charge < -0.3 is 31.6 Å². The van der Waals surface area contributed by atoms with Gasteiger partial charge in [0.2, 0.25) is 5.95 Å². The molecule has 0 atom stereocenters. The zero-order chi connectivity index (χ0) is 25.9. The van der Waals surface area contributed by atoms with E-state index in [-0.39, 0.29) is 11.7 Å². The molecule has 37 heavy (non-hydrogen) atoms. The minimum absolute atomic E-state index is 0.138. The summed E-state index contributed by atoms with van der Waals surface area (Å²) in [6, 6.07) is 7.01. The molecule has 9 nitrogen and oxygen atoms in total. The van der Waals surface area contributed by atoms with Gasteiger partial charge in [0.25, 0.3) is 0 Å². The number of carboxylic acids is 1. The molecule has 2 aromatic heterocycles.